The van der Waals surface area contributed by atoms with Crippen LogP contribution in [0.2, 0.25) is 0 Å². The zero-order valence-electron chi connectivity index (χ0n) is 12.4. The van der Waals surface area contributed by atoms with E-state index in [1.165, 1.54) is 6.07 Å². The predicted molar refractivity (Wildman–Crippen MR) is 79.7 cm³/mol. The first-order valence-electron chi connectivity index (χ1n) is 7.34. The Bertz CT molecular complexity index is 740. The molecule has 1 aliphatic carbocycles. The molecule has 5 nitrogen and oxygen atoms in total. The van der Waals surface area contributed by atoms with Gasteiger partial charge in [0.15, 0.2) is 5.78 Å². The number of carbonyl (C=O) groups excluding carboxylic acids is 1. The third-order valence-corrected chi connectivity index (χ3v) is 4.04. The smallest absolute Gasteiger partial charge is 0.251 e. The Kier molecular flexibility index (Phi) is 3.49. The van der Waals surface area contributed by atoms with Gasteiger partial charge in [-0.05, 0) is 32.8 Å². The molecule has 2 aromatic rings. The quantitative estimate of drug-likeness (QED) is 0.868. The molecule has 0 fully saturated rings. The fourth-order valence-corrected chi connectivity index (χ4v) is 2.95. The fraction of sp³-hybridized carbons (Fsp3) is 0.438. The highest BCUT2D eigenvalue weighted by molar-refractivity contribution is 5.97. The van der Waals surface area contributed by atoms with Crippen LogP contribution in [0.4, 0.5) is 0 Å². The molecule has 0 aromatic carbocycles. The molecule has 0 spiro atoms. The van der Waals surface area contributed by atoms with E-state index in [1.54, 1.807) is 23.2 Å². The van der Waals surface area contributed by atoms with Gasteiger partial charge in [0.1, 0.15) is 0 Å². The second-order valence-electron chi connectivity index (χ2n) is 5.78. The van der Waals surface area contributed by atoms with Crippen molar-refractivity contribution in [3.8, 4) is 0 Å². The number of nitrogens with zero attached hydrogens (tertiary/aromatic N) is 3. The Morgan fingerprint density at radius 3 is 2.81 bits per heavy atom. The van der Waals surface area contributed by atoms with Gasteiger partial charge in [-0.1, -0.05) is 0 Å². The van der Waals surface area contributed by atoms with Crippen molar-refractivity contribution in [2.24, 2.45) is 0 Å². The van der Waals surface area contributed by atoms with Gasteiger partial charge in [-0.15, -0.1) is 0 Å². The van der Waals surface area contributed by atoms with Gasteiger partial charge in [0.05, 0.1) is 18.6 Å². The molecular weight excluding hydrogens is 266 g/mol. The number of carbonyl (C=O) groups is 1. The average Bonchev–Trinajstić information content (AvgIpc) is 2.91. The van der Waals surface area contributed by atoms with Crippen molar-refractivity contribution in [3.05, 3.63) is 52.0 Å². The largest absolute Gasteiger partial charge is 0.330 e. The van der Waals surface area contributed by atoms with Crippen molar-refractivity contribution in [1.82, 2.24) is 14.1 Å². The van der Waals surface area contributed by atoms with Gasteiger partial charge in [-0.25, -0.2) is 4.98 Å². The lowest BCUT2D eigenvalue weighted by Gasteiger charge is -2.21. The van der Waals surface area contributed by atoms with E-state index in [0.717, 1.165) is 24.2 Å². The van der Waals surface area contributed by atoms with Gasteiger partial charge in [-0.3, -0.25) is 9.59 Å². The summed E-state index contributed by atoms with van der Waals surface area (Å²) in [6, 6.07) is 3.47. The van der Waals surface area contributed by atoms with Crippen molar-refractivity contribution in [2.45, 2.75) is 45.7 Å². The van der Waals surface area contributed by atoms with Crippen LogP contribution in [0.5, 0.6) is 0 Å². The van der Waals surface area contributed by atoms with Crippen LogP contribution in [0.25, 0.3) is 0 Å². The minimum atomic E-state index is -0.0556. The maximum absolute atomic E-state index is 12.2. The van der Waals surface area contributed by atoms with Crippen LogP contribution in [-0.4, -0.2) is 19.9 Å². The van der Waals surface area contributed by atoms with Gasteiger partial charge < -0.3 is 9.13 Å². The monoisotopic (exact) mass is 285 g/mol. The molecule has 0 atom stereocenters. The Labute approximate surface area is 123 Å². The van der Waals surface area contributed by atoms with Crippen LogP contribution >= 0.6 is 0 Å². The van der Waals surface area contributed by atoms with Crippen LogP contribution in [0.1, 0.15) is 54.5 Å². The van der Waals surface area contributed by atoms with Gasteiger partial charge in [0, 0.05) is 36.0 Å². The molecule has 0 saturated carbocycles. The molecule has 2 heterocycles. The summed E-state index contributed by atoms with van der Waals surface area (Å²) in [5.41, 5.74) is 2.50. The molecule has 0 bridgehead atoms. The second-order valence-corrected chi connectivity index (χ2v) is 5.78. The van der Waals surface area contributed by atoms with E-state index < -0.39 is 0 Å². The number of Topliss-reactive ketones (excluding diaryl/α,β-unsaturated/α-hetero) is 1. The molecule has 0 unspecified atom stereocenters. The third kappa shape index (κ3) is 2.44. The molecule has 5 heteroatoms. The van der Waals surface area contributed by atoms with Crippen molar-refractivity contribution in [3.63, 3.8) is 0 Å². The van der Waals surface area contributed by atoms with E-state index in [1.807, 2.05) is 0 Å². The number of ketones is 1. The van der Waals surface area contributed by atoms with Crippen molar-refractivity contribution >= 4 is 5.78 Å². The van der Waals surface area contributed by atoms with Crippen LogP contribution in [-0.2, 0) is 13.0 Å². The van der Waals surface area contributed by atoms with Gasteiger partial charge in [0.25, 0.3) is 5.56 Å². The number of aromatic nitrogens is 3. The van der Waals surface area contributed by atoms with E-state index in [9.17, 15) is 9.59 Å². The summed E-state index contributed by atoms with van der Waals surface area (Å²) >= 11 is 0. The van der Waals surface area contributed by atoms with Crippen molar-refractivity contribution < 1.29 is 4.79 Å². The average molecular weight is 285 g/mol. The highest BCUT2D eigenvalue weighted by Gasteiger charge is 2.21. The lowest BCUT2D eigenvalue weighted by molar-refractivity contribution is 0.0970. The van der Waals surface area contributed by atoms with Crippen LogP contribution in [0.3, 0.4) is 0 Å². The molecule has 0 saturated heterocycles. The van der Waals surface area contributed by atoms with Crippen molar-refractivity contribution in [1.29, 1.82) is 0 Å². The van der Waals surface area contributed by atoms with E-state index in [4.69, 9.17) is 0 Å². The summed E-state index contributed by atoms with van der Waals surface area (Å²) in [5.74, 6) is 0.141. The highest BCUT2D eigenvalue weighted by Crippen LogP contribution is 2.20. The fourth-order valence-electron chi connectivity index (χ4n) is 2.95. The molecule has 21 heavy (non-hydrogen) atoms. The number of rotatable bonds is 3. The zero-order valence-corrected chi connectivity index (χ0v) is 12.4. The Morgan fingerprint density at radius 1 is 1.24 bits per heavy atom. The molecule has 110 valence electrons. The lowest BCUT2D eigenvalue weighted by Crippen LogP contribution is -2.29. The SMILES string of the molecule is CC(C)n1cncc1Cn1c2c(ccc1=O)C(=O)CCC2. The summed E-state index contributed by atoms with van der Waals surface area (Å²) in [7, 11) is 0. The number of hydrogen-bond acceptors (Lipinski definition) is 3. The molecule has 0 radical (unpaired) electrons. The molecular formula is C16H19N3O2. The number of fused-ring (bicyclic) bond motifs is 1. The summed E-state index contributed by atoms with van der Waals surface area (Å²) in [6.45, 7) is 4.63. The van der Waals surface area contributed by atoms with E-state index in [0.29, 0.717) is 24.6 Å². The second kappa shape index (κ2) is 5.31. The van der Waals surface area contributed by atoms with Crippen LogP contribution in [0.15, 0.2) is 29.5 Å². The third-order valence-electron chi connectivity index (χ3n) is 4.04. The number of imidazole rings is 1. The van der Waals surface area contributed by atoms with E-state index in [-0.39, 0.29) is 11.3 Å². The van der Waals surface area contributed by atoms with Crippen molar-refractivity contribution in [2.75, 3.05) is 0 Å². The Hall–Kier alpha value is -2.17. The maximum Gasteiger partial charge on any atom is 0.251 e. The topological polar surface area (TPSA) is 56.9 Å². The first-order chi connectivity index (χ1) is 10.1. The molecule has 0 aliphatic heterocycles. The highest BCUT2D eigenvalue weighted by atomic mass is 16.1. The van der Waals surface area contributed by atoms with Gasteiger partial charge in [-0.2, -0.15) is 0 Å². The molecule has 2 aromatic heterocycles. The molecule has 1 aliphatic rings. The molecule has 3 rings (SSSR count). The standard InChI is InChI=1S/C16H19N3O2/c1-11(2)19-10-17-8-12(19)9-18-14-4-3-5-15(20)13(14)6-7-16(18)21/h6-8,10-11H,3-5,9H2,1-2H3. The number of hydrogen-bond donors (Lipinski definition) is 0. The first kappa shape index (κ1) is 13.8. The minimum Gasteiger partial charge on any atom is -0.330 e. The Morgan fingerprint density at radius 2 is 2.05 bits per heavy atom. The lowest BCUT2D eigenvalue weighted by atomic mass is 9.94. The summed E-state index contributed by atoms with van der Waals surface area (Å²) in [6.07, 6.45) is 5.75. The Balaban J connectivity index is 2.07. The molecule has 0 amide bonds. The van der Waals surface area contributed by atoms with Gasteiger partial charge in [0.2, 0.25) is 0 Å². The number of pyridine rings is 1. The maximum atomic E-state index is 12.2. The van der Waals surface area contributed by atoms with Gasteiger partial charge >= 0.3 is 0 Å². The normalized spacial score (nSPS) is 14.5. The van der Waals surface area contributed by atoms with E-state index in [2.05, 4.69) is 23.4 Å². The van der Waals surface area contributed by atoms with Crippen LogP contribution in [0, 0.1) is 0 Å². The predicted octanol–water partition coefficient (Wildman–Crippen LogP) is 2.19. The minimum absolute atomic E-state index is 0.0556. The summed E-state index contributed by atoms with van der Waals surface area (Å²) in [5, 5.41) is 0. The van der Waals surface area contributed by atoms with E-state index >= 15 is 0 Å². The summed E-state index contributed by atoms with van der Waals surface area (Å²) < 4.78 is 3.78. The first-order valence-corrected chi connectivity index (χ1v) is 7.34. The van der Waals surface area contributed by atoms with Crippen LogP contribution < -0.4 is 5.56 Å². The summed E-state index contributed by atoms with van der Waals surface area (Å²) in [4.78, 5) is 28.4. The zero-order chi connectivity index (χ0) is 15.0. The molecule has 0 N–H and O–H groups in total.